The molecule has 0 bridgehead atoms. The number of hydrogen-bond donors (Lipinski definition) is 0. The molecule has 0 atom stereocenters. The van der Waals surface area contributed by atoms with E-state index >= 15 is 0 Å². The van der Waals surface area contributed by atoms with E-state index in [1.165, 1.54) is 23.5 Å². The quantitative estimate of drug-likeness (QED) is 0.525. The van der Waals surface area contributed by atoms with Gasteiger partial charge in [-0.2, -0.15) is 4.99 Å². The summed E-state index contributed by atoms with van der Waals surface area (Å²) in [4.78, 5) is 27.5. The molecule has 3 aromatic rings. The maximum absolute atomic E-state index is 12.3. The predicted octanol–water partition coefficient (Wildman–Crippen LogP) is 3.57. The van der Waals surface area contributed by atoms with Gasteiger partial charge in [0.15, 0.2) is 4.80 Å². The Kier molecular flexibility index (Phi) is 3.87. The van der Waals surface area contributed by atoms with Gasteiger partial charge in [-0.25, -0.2) is 0 Å². The molecule has 0 unspecified atom stereocenters. The highest BCUT2D eigenvalue weighted by Crippen LogP contribution is 2.26. The molecule has 0 radical (unpaired) electrons. The summed E-state index contributed by atoms with van der Waals surface area (Å²) >= 11 is 2.29. The fraction of sp³-hybridized carbons (Fsp3) is 0.200. The third kappa shape index (κ3) is 2.71. The maximum Gasteiger partial charge on any atom is 0.324 e. The monoisotopic (exact) mass is 347 g/mol. The molecular weight excluding hydrogens is 334 g/mol. The third-order valence-corrected chi connectivity index (χ3v) is 5.82. The molecule has 0 saturated heterocycles. The Balaban J connectivity index is 2.12. The summed E-state index contributed by atoms with van der Waals surface area (Å²) in [5.41, 5.74) is 3.30. The van der Waals surface area contributed by atoms with Crippen LogP contribution in [-0.2, 0) is 7.05 Å². The number of thiophene rings is 1. The summed E-state index contributed by atoms with van der Waals surface area (Å²) in [6.07, 6.45) is 0. The van der Waals surface area contributed by atoms with Crippen LogP contribution in [0.15, 0.2) is 29.3 Å². The molecule has 0 aliphatic carbocycles. The maximum atomic E-state index is 12.3. The zero-order chi connectivity index (χ0) is 16.7. The normalized spacial score (nSPS) is 12.0. The van der Waals surface area contributed by atoms with E-state index in [4.69, 9.17) is 0 Å². The molecule has 0 fully saturated rings. The molecule has 0 aliphatic heterocycles. The van der Waals surface area contributed by atoms with Crippen molar-refractivity contribution < 1.29 is 9.72 Å². The van der Waals surface area contributed by atoms with Gasteiger partial charge in [0.05, 0.1) is 15.1 Å². The van der Waals surface area contributed by atoms with Crippen LogP contribution in [0.2, 0.25) is 0 Å². The average Bonchev–Trinajstić information content (AvgIpc) is 3.10. The Labute approximate surface area is 139 Å². The highest BCUT2D eigenvalue weighted by molar-refractivity contribution is 7.17. The lowest BCUT2D eigenvalue weighted by Crippen LogP contribution is -2.13. The molecule has 1 amide bonds. The molecule has 2 aromatic heterocycles. The number of nitro groups is 1. The number of aryl methyl sites for hydroxylation is 3. The number of carbonyl (C=O) groups excluding carboxylic acids is 1. The van der Waals surface area contributed by atoms with E-state index in [0.29, 0.717) is 4.80 Å². The van der Waals surface area contributed by atoms with Gasteiger partial charge in [-0.05, 0) is 31.0 Å². The lowest BCUT2D eigenvalue weighted by Gasteiger charge is -2.01. The Morgan fingerprint density at radius 2 is 1.87 bits per heavy atom. The first kappa shape index (κ1) is 15.6. The van der Waals surface area contributed by atoms with Gasteiger partial charge in [0.25, 0.3) is 5.91 Å². The van der Waals surface area contributed by atoms with Crippen LogP contribution in [0, 0.1) is 24.0 Å². The summed E-state index contributed by atoms with van der Waals surface area (Å²) < 4.78 is 2.98. The minimum absolute atomic E-state index is 0.0593. The summed E-state index contributed by atoms with van der Waals surface area (Å²) in [5.74, 6) is -0.458. The van der Waals surface area contributed by atoms with E-state index in [1.807, 2.05) is 37.6 Å². The first-order valence-electron chi connectivity index (χ1n) is 6.77. The summed E-state index contributed by atoms with van der Waals surface area (Å²) in [6.45, 7) is 4.04. The van der Waals surface area contributed by atoms with Gasteiger partial charge in [-0.15, -0.1) is 0 Å². The number of rotatable bonds is 2. The van der Waals surface area contributed by atoms with E-state index in [9.17, 15) is 14.9 Å². The lowest BCUT2D eigenvalue weighted by molar-refractivity contribution is -0.380. The van der Waals surface area contributed by atoms with Gasteiger partial charge in [0.1, 0.15) is 4.88 Å². The second-order valence-corrected chi connectivity index (χ2v) is 7.17. The van der Waals surface area contributed by atoms with Gasteiger partial charge in [-0.1, -0.05) is 34.8 Å². The molecular formula is C15H13N3O3S2. The number of carbonyl (C=O) groups is 1. The van der Waals surface area contributed by atoms with Gasteiger partial charge in [0.2, 0.25) is 0 Å². The summed E-state index contributed by atoms with van der Waals surface area (Å²) in [7, 11) is 1.87. The molecule has 0 saturated carbocycles. The fourth-order valence-corrected chi connectivity index (χ4v) is 4.22. The minimum Gasteiger partial charge on any atom is -0.319 e. The molecule has 8 heteroatoms. The predicted molar refractivity (Wildman–Crippen MR) is 91.1 cm³/mol. The largest absolute Gasteiger partial charge is 0.324 e. The Morgan fingerprint density at radius 3 is 2.48 bits per heavy atom. The Morgan fingerprint density at radius 1 is 1.17 bits per heavy atom. The number of hydrogen-bond acceptors (Lipinski definition) is 5. The van der Waals surface area contributed by atoms with E-state index in [-0.39, 0.29) is 9.88 Å². The molecule has 6 nitrogen and oxygen atoms in total. The van der Waals surface area contributed by atoms with E-state index in [2.05, 4.69) is 4.99 Å². The standard InChI is InChI=1S/C15H13N3O3S2/c1-8-4-5-9(2)13-12(8)17(3)15(23-13)16-14(19)10-6-7-11(22-10)18(20)21/h4-7H,1-3H3. The van der Waals surface area contributed by atoms with Gasteiger partial charge < -0.3 is 4.57 Å². The van der Waals surface area contributed by atoms with Crippen molar-refractivity contribution in [2.24, 2.45) is 12.0 Å². The average molecular weight is 347 g/mol. The molecule has 118 valence electrons. The molecule has 2 heterocycles. The smallest absolute Gasteiger partial charge is 0.319 e. The zero-order valence-corrected chi connectivity index (χ0v) is 14.3. The van der Waals surface area contributed by atoms with Crippen LogP contribution in [0.25, 0.3) is 10.2 Å². The lowest BCUT2D eigenvalue weighted by atomic mass is 10.1. The van der Waals surface area contributed by atoms with Crippen molar-refractivity contribution in [1.29, 1.82) is 0 Å². The van der Waals surface area contributed by atoms with Crippen molar-refractivity contribution in [3.63, 3.8) is 0 Å². The second kappa shape index (κ2) is 5.71. The fourth-order valence-electron chi connectivity index (χ4n) is 2.35. The van der Waals surface area contributed by atoms with Crippen LogP contribution < -0.4 is 4.80 Å². The number of benzene rings is 1. The molecule has 23 heavy (non-hydrogen) atoms. The van der Waals surface area contributed by atoms with Crippen molar-refractivity contribution in [2.75, 3.05) is 0 Å². The third-order valence-electron chi connectivity index (χ3n) is 3.53. The Bertz CT molecular complexity index is 1010. The van der Waals surface area contributed by atoms with Crippen LogP contribution >= 0.6 is 22.7 Å². The topological polar surface area (TPSA) is 77.5 Å². The highest BCUT2D eigenvalue weighted by Gasteiger charge is 2.15. The van der Waals surface area contributed by atoms with Crippen molar-refractivity contribution in [3.8, 4) is 0 Å². The summed E-state index contributed by atoms with van der Waals surface area (Å²) in [5, 5.41) is 10.7. The summed E-state index contributed by atoms with van der Waals surface area (Å²) in [6, 6.07) is 6.85. The molecule has 0 spiro atoms. The van der Waals surface area contributed by atoms with Crippen LogP contribution in [0.3, 0.4) is 0 Å². The van der Waals surface area contributed by atoms with Crippen molar-refractivity contribution in [3.05, 3.63) is 55.2 Å². The SMILES string of the molecule is Cc1ccc(C)c2c1sc(=NC(=O)c1ccc([N+](=O)[O-])s1)n2C. The van der Waals surface area contributed by atoms with E-state index in [1.54, 1.807) is 0 Å². The first-order valence-corrected chi connectivity index (χ1v) is 8.41. The number of amides is 1. The van der Waals surface area contributed by atoms with Gasteiger partial charge >= 0.3 is 5.00 Å². The zero-order valence-electron chi connectivity index (χ0n) is 12.7. The van der Waals surface area contributed by atoms with Gasteiger partial charge in [0, 0.05) is 13.1 Å². The highest BCUT2D eigenvalue weighted by atomic mass is 32.1. The molecule has 0 aliphatic rings. The number of fused-ring (bicyclic) bond motifs is 1. The molecule has 1 aromatic carbocycles. The van der Waals surface area contributed by atoms with Crippen LogP contribution in [0.5, 0.6) is 0 Å². The molecule has 0 N–H and O–H groups in total. The number of thiazole rings is 1. The number of aromatic nitrogens is 1. The molecule has 3 rings (SSSR count). The van der Waals surface area contributed by atoms with Crippen LogP contribution in [-0.4, -0.2) is 15.4 Å². The van der Waals surface area contributed by atoms with Crippen molar-refractivity contribution in [1.82, 2.24) is 4.57 Å². The van der Waals surface area contributed by atoms with E-state index < -0.39 is 10.8 Å². The van der Waals surface area contributed by atoms with Crippen LogP contribution in [0.4, 0.5) is 5.00 Å². The Hall–Kier alpha value is -2.32. The first-order chi connectivity index (χ1) is 10.9. The number of nitrogens with zero attached hydrogens (tertiary/aromatic N) is 3. The van der Waals surface area contributed by atoms with Gasteiger partial charge in [-0.3, -0.25) is 14.9 Å². The van der Waals surface area contributed by atoms with Crippen LogP contribution in [0.1, 0.15) is 20.8 Å². The second-order valence-electron chi connectivity index (χ2n) is 5.13. The van der Waals surface area contributed by atoms with Crippen molar-refractivity contribution >= 4 is 43.8 Å². The van der Waals surface area contributed by atoms with Crippen molar-refractivity contribution in [2.45, 2.75) is 13.8 Å². The van der Waals surface area contributed by atoms with E-state index in [0.717, 1.165) is 32.7 Å². The minimum atomic E-state index is -0.506.